The number of hydrogen-bond acceptors (Lipinski definition) is 3. The average Bonchev–Trinajstić information content (AvgIpc) is 2.51. The van der Waals surface area contributed by atoms with Crippen molar-refractivity contribution in [1.29, 1.82) is 0 Å². The van der Waals surface area contributed by atoms with Crippen molar-refractivity contribution in [3.8, 4) is 0 Å². The third-order valence-corrected chi connectivity index (χ3v) is 4.19. The molecule has 0 saturated heterocycles. The van der Waals surface area contributed by atoms with Crippen LogP contribution in [0.15, 0.2) is 42.5 Å². The number of carbonyl (C=O) groups excluding carboxylic acids is 1. The van der Waals surface area contributed by atoms with Gasteiger partial charge in [0.25, 0.3) is 5.69 Å². The molecule has 0 aliphatic heterocycles. The summed E-state index contributed by atoms with van der Waals surface area (Å²) < 4.78 is 0. The molecule has 126 valence electrons. The van der Waals surface area contributed by atoms with Crippen molar-refractivity contribution in [3.05, 3.63) is 69.3 Å². The summed E-state index contributed by atoms with van der Waals surface area (Å²) in [5.41, 5.74) is 3.84. The first kappa shape index (κ1) is 17.7. The number of nitrogens with zero attached hydrogens (tertiary/aromatic N) is 1. The fourth-order valence-electron chi connectivity index (χ4n) is 2.68. The number of rotatable bonds is 5. The number of nitrogens with one attached hydrogen (secondary N) is 1. The first-order chi connectivity index (χ1) is 11.3. The summed E-state index contributed by atoms with van der Waals surface area (Å²) in [5, 5.41) is 13.7. The van der Waals surface area contributed by atoms with Crippen molar-refractivity contribution in [2.24, 2.45) is 5.92 Å². The third kappa shape index (κ3) is 3.98. The number of non-ortho nitro benzene ring substituents is 1. The zero-order valence-electron chi connectivity index (χ0n) is 14.4. The minimum absolute atomic E-state index is 0.0239. The van der Waals surface area contributed by atoms with Crippen molar-refractivity contribution < 1.29 is 9.72 Å². The highest BCUT2D eigenvalue weighted by molar-refractivity contribution is 5.96. The predicted octanol–water partition coefficient (Wildman–Crippen LogP) is 4.59. The Balaban J connectivity index is 2.24. The summed E-state index contributed by atoms with van der Waals surface area (Å²) in [6, 6.07) is 12.0. The van der Waals surface area contributed by atoms with Gasteiger partial charge in [-0.1, -0.05) is 32.0 Å². The van der Waals surface area contributed by atoms with Crippen molar-refractivity contribution in [3.63, 3.8) is 0 Å². The van der Waals surface area contributed by atoms with E-state index in [1.165, 1.54) is 17.7 Å². The summed E-state index contributed by atoms with van der Waals surface area (Å²) in [5.74, 6) is -0.410. The van der Waals surface area contributed by atoms with E-state index < -0.39 is 4.92 Å². The monoisotopic (exact) mass is 326 g/mol. The van der Waals surface area contributed by atoms with Gasteiger partial charge in [0, 0.05) is 17.8 Å². The van der Waals surface area contributed by atoms with E-state index in [-0.39, 0.29) is 23.4 Å². The number of benzene rings is 2. The van der Waals surface area contributed by atoms with Crippen LogP contribution >= 0.6 is 0 Å². The van der Waals surface area contributed by atoms with Crippen molar-refractivity contribution in [2.45, 2.75) is 33.6 Å². The summed E-state index contributed by atoms with van der Waals surface area (Å²) in [7, 11) is 0. The fourth-order valence-corrected chi connectivity index (χ4v) is 2.68. The normalized spacial score (nSPS) is 12.0. The number of carbonyl (C=O) groups is 1. The molecule has 0 saturated carbocycles. The van der Waals surface area contributed by atoms with Gasteiger partial charge < -0.3 is 5.32 Å². The van der Waals surface area contributed by atoms with Crippen molar-refractivity contribution in [1.82, 2.24) is 0 Å². The quantitative estimate of drug-likeness (QED) is 0.645. The Morgan fingerprint density at radius 1 is 1.04 bits per heavy atom. The van der Waals surface area contributed by atoms with Gasteiger partial charge in [-0.2, -0.15) is 0 Å². The lowest BCUT2D eigenvalue weighted by molar-refractivity contribution is -0.384. The van der Waals surface area contributed by atoms with Crippen LogP contribution < -0.4 is 5.32 Å². The second-order valence-corrected chi connectivity index (χ2v) is 6.36. The van der Waals surface area contributed by atoms with Gasteiger partial charge in [0.05, 0.1) is 10.8 Å². The molecule has 0 aliphatic carbocycles. The highest BCUT2D eigenvalue weighted by Gasteiger charge is 2.25. The lowest BCUT2D eigenvalue weighted by atomic mass is 9.87. The SMILES string of the molecule is Cc1ccc(NC(=O)C(c2ccc([N+](=O)[O-])cc2)C(C)C)cc1C. The maximum absolute atomic E-state index is 12.7. The van der Waals surface area contributed by atoms with Crippen LogP contribution in [0.25, 0.3) is 0 Å². The van der Waals surface area contributed by atoms with Gasteiger partial charge in [-0.05, 0) is 48.6 Å². The summed E-state index contributed by atoms with van der Waals surface area (Å²) >= 11 is 0. The van der Waals surface area contributed by atoms with Gasteiger partial charge in [-0.25, -0.2) is 0 Å². The van der Waals surface area contributed by atoms with E-state index in [4.69, 9.17) is 0 Å². The Labute approximate surface area is 141 Å². The van der Waals surface area contributed by atoms with E-state index in [2.05, 4.69) is 5.32 Å². The van der Waals surface area contributed by atoms with E-state index in [9.17, 15) is 14.9 Å². The topological polar surface area (TPSA) is 72.2 Å². The molecule has 2 aromatic rings. The molecule has 24 heavy (non-hydrogen) atoms. The van der Waals surface area contributed by atoms with Crippen LogP contribution in [-0.4, -0.2) is 10.8 Å². The highest BCUT2D eigenvalue weighted by Crippen LogP contribution is 2.28. The number of nitro benzene ring substituents is 1. The van der Waals surface area contributed by atoms with Gasteiger partial charge in [0.15, 0.2) is 0 Å². The molecule has 0 fully saturated rings. The van der Waals surface area contributed by atoms with Crippen molar-refractivity contribution in [2.75, 3.05) is 5.32 Å². The molecular formula is C19H22N2O3. The molecule has 5 heteroatoms. The predicted molar refractivity (Wildman–Crippen MR) is 95.2 cm³/mol. The largest absolute Gasteiger partial charge is 0.326 e. The van der Waals surface area contributed by atoms with E-state index in [1.807, 2.05) is 45.9 Å². The zero-order valence-corrected chi connectivity index (χ0v) is 14.4. The maximum atomic E-state index is 12.7. The number of amides is 1. The number of hydrogen-bond donors (Lipinski definition) is 1. The number of aryl methyl sites for hydroxylation is 2. The third-order valence-electron chi connectivity index (χ3n) is 4.19. The first-order valence-electron chi connectivity index (χ1n) is 7.92. The molecule has 0 heterocycles. The van der Waals surface area contributed by atoms with E-state index in [0.29, 0.717) is 0 Å². The molecule has 0 aromatic heterocycles. The van der Waals surface area contributed by atoms with E-state index >= 15 is 0 Å². The van der Waals surface area contributed by atoms with Crippen LogP contribution in [0, 0.1) is 29.9 Å². The van der Waals surface area contributed by atoms with Crippen LogP contribution in [0.3, 0.4) is 0 Å². The Kier molecular flexibility index (Phi) is 5.34. The Morgan fingerprint density at radius 3 is 2.17 bits per heavy atom. The molecule has 1 N–H and O–H groups in total. The molecule has 2 rings (SSSR count). The van der Waals surface area contributed by atoms with Crippen LogP contribution in [0.5, 0.6) is 0 Å². The second kappa shape index (κ2) is 7.25. The van der Waals surface area contributed by atoms with Crippen LogP contribution in [0.4, 0.5) is 11.4 Å². The van der Waals surface area contributed by atoms with Gasteiger partial charge in [-0.3, -0.25) is 14.9 Å². The van der Waals surface area contributed by atoms with Gasteiger partial charge in [0.1, 0.15) is 0 Å². The molecule has 5 nitrogen and oxygen atoms in total. The molecule has 0 radical (unpaired) electrons. The highest BCUT2D eigenvalue weighted by atomic mass is 16.6. The molecule has 2 aromatic carbocycles. The summed E-state index contributed by atoms with van der Waals surface area (Å²) in [6.07, 6.45) is 0. The average molecular weight is 326 g/mol. The van der Waals surface area contributed by atoms with Crippen molar-refractivity contribution >= 4 is 17.3 Å². The minimum atomic E-state index is -0.441. The first-order valence-corrected chi connectivity index (χ1v) is 7.92. The lowest BCUT2D eigenvalue weighted by Gasteiger charge is -2.21. The van der Waals surface area contributed by atoms with E-state index in [0.717, 1.165) is 16.8 Å². The zero-order chi connectivity index (χ0) is 17.9. The Hall–Kier alpha value is -2.69. The van der Waals surface area contributed by atoms with Gasteiger partial charge in [0.2, 0.25) is 5.91 Å². The standard InChI is InChI=1S/C19H22N2O3/c1-12(2)18(15-6-9-17(10-7-15)21(23)24)19(22)20-16-8-5-13(3)14(4)11-16/h5-12,18H,1-4H3,(H,20,22). The Morgan fingerprint density at radius 2 is 1.67 bits per heavy atom. The second-order valence-electron chi connectivity index (χ2n) is 6.36. The molecule has 0 spiro atoms. The van der Waals surface area contributed by atoms with Crippen LogP contribution in [-0.2, 0) is 4.79 Å². The van der Waals surface area contributed by atoms with Gasteiger partial charge >= 0.3 is 0 Å². The minimum Gasteiger partial charge on any atom is -0.326 e. The van der Waals surface area contributed by atoms with Crippen LogP contribution in [0.2, 0.25) is 0 Å². The fraction of sp³-hybridized carbons (Fsp3) is 0.316. The van der Waals surface area contributed by atoms with E-state index in [1.54, 1.807) is 12.1 Å². The molecule has 1 atom stereocenters. The maximum Gasteiger partial charge on any atom is 0.269 e. The molecule has 1 unspecified atom stereocenters. The number of nitro groups is 1. The number of anilines is 1. The van der Waals surface area contributed by atoms with Gasteiger partial charge in [-0.15, -0.1) is 0 Å². The Bertz CT molecular complexity index is 752. The smallest absolute Gasteiger partial charge is 0.269 e. The summed E-state index contributed by atoms with van der Waals surface area (Å²) in [4.78, 5) is 23.1. The lowest BCUT2D eigenvalue weighted by Crippen LogP contribution is -2.25. The molecule has 0 bridgehead atoms. The molecule has 1 amide bonds. The molecule has 0 aliphatic rings. The summed E-state index contributed by atoms with van der Waals surface area (Å²) in [6.45, 7) is 7.95. The molecular weight excluding hydrogens is 304 g/mol. The van der Waals surface area contributed by atoms with Crippen LogP contribution in [0.1, 0.15) is 36.5 Å².